The molecule has 0 unspecified atom stereocenters. The minimum atomic E-state index is -4.02. The highest BCUT2D eigenvalue weighted by Gasteiger charge is 2.15. The number of aryl methyl sites for hydroxylation is 1. The van der Waals surface area contributed by atoms with E-state index in [4.69, 9.17) is 14.4 Å². The molecule has 0 amide bonds. The highest BCUT2D eigenvalue weighted by Crippen LogP contribution is 2.32. The zero-order valence-electron chi connectivity index (χ0n) is 21.7. The molecule has 0 saturated carbocycles. The van der Waals surface area contributed by atoms with Crippen LogP contribution in [0.15, 0.2) is 120 Å². The number of hydrogen-bond donors (Lipinski definition) is 2. The third kappa shape index (κ3) is 11.7. The molecule has 0 radical (unpaired) electrons. The van der Waals surface area contributed by atoms with Crippen molar-refractivity contribution in [1.82, 2.24) is 0 Å². The lowest BCUT2D eigenvalue weighted by atomic mass is 10.2. The molecule has 0 aliphatic rings. The third-order valence-corrected chi connectivity index (χ3v) is 8.34. The Kier molecular flexibility index (Phi) is 14.5. The summed E-state index contributed by atoms with van der Waals surface area (Å²) in [7, 11) is -2.85. The molecule has 202 valence electrons. The molecule has 0 spiro atoms. The second-order valence-electron chi connectivity index (χ2n) is 7.96. The first kappa shape index (κ1) is 31.3. The van der Waals surface area contributed by atoms with E-state index in [0.29, 0.717) is 19.8 Å². The molecular weight excluding hydrogens is 519 g/mol. The molecule has 8 heteroatoms. The lowest BCUT2D eigenvalue weighted by Crippen LogP contribution is -2.20. The van der Waals surface area contributed by atoms with E-state index in [0.717, 1.165) is 5.56 Å². The number of hydrogen-bond acceptors (Lipinski definition) is 5. The average molecular weight is 555 g/mol. The number of methoxy groups -OCH3 is 1. The molecule has 0 aromatic heterocycles. The van der Waals surface area contributed by atoms with Gasteiger partial charge in [-0.05, 0) is 42.9 Å². The predicted octanol–water partition coefficient (Wildman–Crippen LogP) is 4.33. The second kappa shape index (κ2) is 17.6. The number of aliphatic hydroxyl groups excluding tert-OH is 1. The molecular formula is C30H35O6PS. The highest BCUT2D eigenvalue weighted by atomic mass is 32.2. The number of benzene rings is 4. The molecule has 4 rings (SSSR count). The van der Waals surface area contributed by atoms with Crippen molar-refractivity contribution in [3.05, 3.63) is 121 Å². The third-order valence-electron chi connectivity index (χ3n) is 5.03. The van der Waals surface area contributed by atoms with Crippen molar-refractivity contribution >= 4 is 34.0 Å². The van der Waals surface area contributed by atoms with Crippen molar-refractivity contribution in [2.45, 2.75) is 11.8 Å². The van der Waals surface area contributed by atoms with Crippen molar-refractivity contribution < 1.29 is 27.6 Å². The summed E-state index contributed by atoms with van der Waals surface area (Å²) in [5.74, 6) is 0. The first-order valence-electron chi connectivity index (χ1n) is 12.0. The van der Waals surface area contributed by atoms with E-state index >= 15 is 0 Å². The van der Waals surface area contributed by atoms with Crippen molar-refractivity contribution in [2.75, 3.05) is 33.5 Å². The van der Waals surface area contributed by atoms with Crippen LogP contribution in [0.5, 0.6) is 0 Å². The molecule has 4 aromatic rings. The van der Waals surface area contributed by atoms with Crippen molar-refractivity contribution in [3.8, 4) is 0 Å². The number of rotatable bonds is 9. The molecule has 2 N–H and O–H groups in total. The minimum absolute atomic E-state index is 0.0666. The molecule has 0 heterocycles. The maximum absolute atomic E-state index is 10.5. The van der Waals surface area contributed by atoms with Gasteiger partial charge in [-0.3, -0.25) is 4.55 Å². The van der Waals surface area contributed by atoms with E-state index in [1.807, 2.05) is 6.92 Å². The Morgan fingerprint density at radius 2 is 1.08 bits per heavy atom. The van der Waals surface area contributed by atoms with Gasteiger partial charge in [-0.2, -0.15) is 8.42 Å². The highest BCUT2D eigenvalue weighted by molar-refractivity contribution is 7.85. The van der Waals surface area contributed by atoms with Gasteiger partial charge in [-0.1, -0.05) is 109 Å². The van der Waals surface area contributed by atoms with Crippen molar-refractivity contribution in [2.24, 2.45) is 0 Å². The molecule has 0 aliphatic heterocycles. The topological polar surface area (TPSA) is 93.1 Å². The molecule has 0 saturated heterocycles. The van der Waals surface area contributed by atoms with E-state index in [9.17, 15) is 8.42 Å². The Bertz CT molecular complexity index is 1150. The SMILES string of the molecule is COCCOCCO.Cc1ccc(S(=O)(=O)O)cc1.c1ccc(P(c2ccccc2)c2ccccc2)cc1. The van der Waals surface area contributed by atoms with Gasteiger partial charge in [-0.25, -0.2) is 0 Å². The largest absolute Gasteiger partial charge is 0.394 e. The van der Waals surface area contributed by atoms with Crippen LogP contribution in [0.2, 0.25) is 0 Å². The molecule has 4 aromatic carbocycles. The fourth-order valence-electron chi connectivity index (χ4n) is 3.20. The van der Waals surface area contributed by atoms with E-state index in [1.54, 1.807) is 19.2 Å². The van der Waals surface area contributed by atoms with Gasteiger partial charge in [-0.15, -0.1) is 0 Å². The summed E-state index contributed by atoms with van der Waals surface area (Å²) in [5, 5.41) is 12.4. The molecule has 38 heavy (non-hydrogen) atoms. The summed E-state index contributed by atoms with van der Waals surface area (Å²) in [5.41, 5.74) is 0.956. The smallest absolute Gasteiger partial charge is 0.294 e. The summed E-state index contributed by atoms with van der Waals surface area (Å²) in [4.78, 5) is -0.0666. The summed E-state index contributed by atoms with van der Waals surface area (Å²) in [6.45, 7) is 3.50. The monoisotopic (exact) mass is 554 g/mol. The number of ether oxygens (including phenoxy) is 2. The Labute approximate surface area is 227 Å². The predicted molar refractivity (Wildman–Crippen MR) is 156 cm³/mol. The quantitative estimate of drug-likeness (QED) is 0.182. The van der Waals surface area contributed by atoms with Crippen LogP contribution >= 0.6 is 7.92 Å². The van der Waals surface area contributed by atoms with Gasteiger partial charge in [0.05, 0.1) is 31.3 Å². The van der Waals surface area contributed by atoms with E-state index < -0.39 is 18.0 Å². The van der Waals surface area contributed by atoms with Gasteiger partial charge in [0, 0.05) is 7.11 Å². The fraction of sp³-hybridized carbons (Fsp3) is 0.200. The van der Waals surface area contributed by atoms with Crippen LogP contribution in [0, 0.1) is 6.92 Å². The lowest BCUT2D eigenvalue weighted by Gasteiger charge is -2.18. The second-order valence-corrected chi connectivity index (χ2v) is 11.6. The molecule has 0 fully saturated rings. The Morgan fingerprint density at radius 1 is 0.658 bits per heavy atom. The first-order valence-corrected chi connectivity index (χ1v) is 14.8. The van der Waals surface area contributed by atoms with E-state index in [1.165, 1.54) is 28.0 Å². The van der Waals surface area contributed by atoms with Crippen LogP contribution in [0.25, 0.3) is 0 Å². The minimum Gasteiger partial charge on any atom is -0.394 e. The lowest BCUT2D eigenvalue weighted by molar-refractivity contribution is 0.0500. The molecule has 0 aliphatic carbocycles. The number of aliphatic hydroxyl groups is 1. The molecule has 6 nitrogen and oxygen atoms in total. The average Bonchev–Trinajstić information content (AvgIpc) is 2.94. The molecule has 0 bridgehead atoms. The Hall–Kier alpha value is -2.90. The van der Waals surface area contributed by atoms with E-state index in [2.05, 4.69) is 95.7 Å². The standard InChI is InChI=1S/C18H15P.C7H8O3S.C5H12O3/c1-4-10-16(11-5-1)19(17-12-6-2-7-13-17)18-14-8-3-9-15-18;1-6-2-4-7(5-3-6)11(8,9)10;1-7-4-5-8-3-2-6/h1-15H;2-5H,1H3,(H,8,9,10);6H,2-5H2,1H3. The van der Waals surface area contributed by atoms with Crippen LogP contribution in [0.4, 0.5) is 0 Å². The Morgan fingerprint density at radius 3 is 1.42 bits per heavy atom. The van der Waals surface area contributed by atoms with Gasteiger partial charge in [0.25, 0.3) is 10.1 Å². The van der Waals surface area contributed by atoms with Gasteiger partial charge in [0.15, 0.2) is 0 Å². The van der Waals surface area contributed by atoms with Crippen LogP contribution in [0.1, 0.15) is 5.56 Å². The summed E-state index contributed by atoms with van der Waals surface area (Å²) < 4.78 is 39.1. The van der Waals surface area contributed by atoms with Gasteiger partial charge < -0.3 is 14.6 Å². The summed E-state index contributed by atoms with van der Waals surface area (Å²) in [6.07, 6.45) is 0. The summed E-state index contributed by atoms with van der Waals surface area (Å²) in [6, 6.07) is 38.3. The zero-order chi connectivity index (χ0) is 27.6. The van der Waals surface area contributed by atoms with E-state index in [-0.39, 0.29) is 11.5 Å². The Balaban J connectivity index is 0.000000227. The fourth-order valence-corrected chi connectivity index (χ4v) is 5.98. The maximum atomic E-state index is 10.5. The summed E-state index contributed by atoms with van der Waals surface area (Å²) >= 11 is 0. The van der Waals surface area contributed by atoms with Crippen molar-refractivity contribution in [3.63, 3.8) is 0 Å². The maximum Gasteiger partial charge on any atom is 0.294 e. The van der Waals surface area contributed by atoms with Crippen LogP contribution in [-0.4, -0.2) is 51.6 Å². The van der Waals surface area contributed by atoms with Gasteiger partial charge in [0.1, 0.15) is 0 Å². The molecule has 0 atom stereocenters. The first-order chi connectivity index (χ1) is 18.4. The zero-order valence-corrected chi connectivity index (χ0v) is 23.4. The van der Waals surface area contributed by atoms with Crippen LogP contribution in [0.3, 0.4) is 0 Å². The normalized spacial score (nSPS) is 10.7. The van der Waals surface area contributed by atoms with Crippen LogP contribution < -0.4 is 15.9 Å². The van der Waals surface area contributed by atoms with Crippen LogP contribution in [-0.2, 0) is 19.6 Å². The van der Waals surface area contributed by atoms with Gasteiger partial charge >= 0.3 is 0 Å². The van der Waals surface area contributed by atoms with Gasteiger partial charge in [0.2, 0.25) is 0 Å². The van der Waals surface area contributed by atoms with Crippen molar-refractivity contribution in [1.29, 1.82) is 0 Å².